The van der Waals surface area contributed by atoms with Crippen molar-refractivity contribution >= 4 is 33.3 Å². The maximum Gasteiger partial charge on any atom is 0.287 e. The van der Waals surface area contributed by atoms with E-state index in [0.717, 1.165) is 46.0 Å². The first-order valence-corrected chi connectivity index (χ1v) is 9.47. The van der Waals surface area contributed by atoms with Gasteiger partial charge in [-0.1, -0.05) is 12.1 Å². The fourth-order valence-electron chi connectivity index (χ4n) is 3.23. The van der Waals surface area contributed by atoms with Gasteiger partial charge in [0.25, 0.3) is 5.91 Å². The summed E-state index contributed by atoms with van der Waals surface area (Å²) >= 11 is 1.64. The largest absolute Gasteiger partial charge is 0.451 e. The molecule has 0 aliphatic carbocycles. The van der Waals surface area contributed by atoms with Crippen LogP contribution < -0.4 is 10.2 Å². The molecule has 1 aliphatic rings. The Labute approximate surface area is 150 Å². The second-order valence-electron chi connectivity index (χ2n) is 6.55. The topological polar surface area (TPSA) is 58.4 Å². The van der Waals surface area contributed by atoms with Crippen molar-refractivity contribution in [2.45, 2.75) is 33.2 Å². The lowest BCUT2D eigenvalue weighted by Gasteiger charge is -2.12. The molecule has 1 fully saturated rings. The zero-order valence-electron chi connectivity index (χ0n) is 14.5. The van der Waals surface area contributed by atoms with Crippen LogP contribution in [0.4, 0.5) is 5.13 Å². The van der Waals surface area contributed by atoms with Gasteiger partial charge in [-0.05, 0) is 38.3 Å². The number of aromatic nitrogens is 1. The Morgan fingerprint density at radius 1 is 1.32 bits per heavy atom. The summed E-state index contributed by atoms with van der Waals surface area (Å²) < 4.78 is 5.78. The number of nitrogens with one attached hydrogen (secondary N) is 1. The van der Waals surface area contributed by atoms with Crippen LogP contribution in [-0.2, 0) is 6.54 Å². The number of fused-ring (bicyclic) bond motifs is 1. The van der Waals surface area contributed by atoms with Gasteiger partial charge in [-0.3, -0.25) is 4.79 Å². The molecule has 1 saturated heterocycles. The Hall–Kier alpha value is -2.34. The van der Waals surface area contributed by atoms with E-state index in [1.54, 1.807) is 11.3 Å². The lowest BCUT2D eigenvalue weighted by molar-refractivity contribution is 0.0924. The number of anilines is 1. The van der Waals surface area contributed by atoms with Crippen LogP contribution in [0.2, 0.25) is 0 Å². The van der Waals surface area contributed by atoms with Crippen molar-refractivity contribution in [2.75, 3.05) is 18.0 Å². The highest BCUT2D eigenvalue weighted by molar-refractivity contribution is 7.13. The second kappa shape index (κ2) is 6.52. The number of hydrogen-bond acceptors (Lipinski definition) is 5. The molecule has 2 aromatic heterocycles. The molecule has 0 atom stereocenters. The first-order valence-electron chi connectivity index (χ1n) is 8.59. The number of thiazole rings is 1. The molecule has 1 aromatic carbocycles. The number of nitrogens with zero attached hydrogens (tertiary/aromatic N) is 2. The third-order valence-electron chi connectivity index (χ3n) is 4.65. The minimum Gasteiger partial charge on any atom is -0.451 e. The number of rotatable bonds is 4. The van der Waals surface area contributed by atoms with Crippen LogP contribution in [0, 0.1) is 13.8 Å². The Morgan fingerprint density at radius 2 is 2.12 bits per heavy atom. The second-order valence-corrected chi connectivity index (χ2v) is 7.39. The number of hydrogen-bond donors (Lipinski definition) is 1. The van der Waals surface area contributed by atoms with Crippen LogP contribution in [0.1, 0.15) is 40.2 Å². The summed E-state index contributed by atoms with van der Waals surface area (Å²) in [7, 11) is 0. The first-order chi connectivity index (χ1) is 12.1. The number of aryl methyl sites for hydroxylation is 2. The van der Waals surface area contributed by atoms with E-state index in [2.05, 4.69) is 15.2 Å². The van der Waals surface area contributed by atoms with Crippen LogP contribution in [0.5, 0.6) is 0 Å². The molecule has 3 heterocycles. The molecule has 1 N–H and O–H groups in total. The van der Waals surface area contributed by atoms with Gasteiger partial charge in [-0.2, -0.15) is 0 Å². The van der Waals surface area contributed by atoms with Gasteiger partial charge in [0.05, 0.1) is 12.2 Å². The fourth-order valence-corrected chi connectivity index (χ4v) is 4.11. The van der Waals surface area contributed by atoms with Crippen molar-refractivity contribution < 1.29 is 9.21 Å². The molecule has 25 heavy (non-hydrogen) atoms. The van der Waals surface area contributed by atoms with Gasteiger partial charge in [-0.25, -0.2) is 4.98 Å². The van der Waals surface area contributed by atoms with Gasteiger partial charge in [0.1, 0.15) is 5.58 Å². The average Bonchev–Trinajstić information content (AvgIpc) is 3.32. The van der Waals surface area contributed by atoms with E-state index in [4.69, 9.17) is 4.42 Å². The molecule has 6 heteroatoms. The smallest absolute Gasteiger partial charge is 0.287 e. The third kappa shape index (κ3) is 3.14. The van der Waals surface area contributed by atoms with Gasteiger partial charge in [0.2, 0.25) is 0 Å². The summed E-state index contributed by atoms with van der Waals surface area (Å²) in [6.45, 7) is 6.51. The summed E-state index contributed by atoms with van der Waals surface area (Å²) in [5, 5.41) is 6.98. The Morgan fingerprint density at radius 3 is 2.92 bits per heavy atom. The number of furan rings is 1. The van der Waals surface area contributed by atoms with E-state index in [9.17, 15) is 4.79 Å². The molecular weight excluding hydrogens is 334 g/mol. The van der Waals surface area contributed by atoms with E-state index in [-0.39, 0.29) is 5.91 Å². The SMILES string of the molecule is Cc1ccc2c(C)c(C(=O)NCc3csc(N4CCCC4)n3)oc2c1. The van der Waals surface area contributed by atoms with Crippen molar-refractivity contribution in [2.24, 2.45) is 0 Å². The highest BCUT2D eigenvalue weighted by atomic mass is 32.1. The van der Waals surface area contributed by atoms with Crippen LogP contribution in [0.25, 0.3) is 11.0 Å². The van der Waals surface area contributed by atoms with Gasteiger partial charge >= 0.3 is 0 Å². The van der Waals surface area contributed by atoms with Crippen molar-refractivity contribution in [3.63, 3.8) is 0 Å². The molecule has 0 radical (unpaired) electrons. The monoisotopic (exact) mass is 355 g/mol. The maximum atomic E-state index is 12.5. The Bertz CT molecular complexity index is 922. The zero-order chi connectivity index (χ0) is 17.4. The van der Waals surface area contributed by atoms with E-state index < -0.39 is 0 Å². The van der Waals surface area contributed by atoms with Gasteiger partial charge in [0, 0.05) is 29.4 Å². The normalized spacial score (nSPS) is 14.4. The zero-order valence-corrected chi connectivity index (χ0v) is 15.3. The predicted octanol–water partition coefficient (Wildman–Crippen LogP) is 4.04. The summed E-state index contributed by atoms with van der Waals surface area (Å²) in [4.78, 5) is 19.5. The summed E-state index contributed by atoms with van der Waals surface area (Å²) in [6.07, 6.45) is 2.47. The first kappa shape index (κ1) is 16.1. The molecule has 5 nitrogen and oxygen atoms in total. The van der Waals surface area contributed by atoms with Gasteiger partial charge < -0.3 is 14.6 Å². The summed E-state index contributed by atoms with van der Waals surface area (Å²) in [5.41, 5.74) is 3.64. The van der Waals surface area contributed by atoms with Crippen LogP contribution >= 0.6 is 11.3 Å². The molecule has 0 bridgehead atoms. The molecular formula is C19H21N3O2S. The lowest BCUT2D eigenvalue weighted by atomic mass is 10.1. The quantitative estimate of drug-likeness (QED) is 0.767. The number of amides is 1. The molecule has 130 valence electrons. The predicted molar refractivity (Wildman–Crippen MR) is 100 cm³/mol. The molecule has 0 spiro atoms. The molecule has 0 unspecified atom stereocenters. The number of benzene rings is 1. The van der Waals surface area contributed by atoms with E-state index in [1.165, 1.54) is 12.8 Å². The van der Waals surface area contributed by atoms with Crippen molar-refractivity contribution in [3.05, 3.63) is 46.2 Å². The Kier molecular flexibility index (Phi) is 4.21. The third-order valence-corrected chi connectivity index (χ3v) is 5.60. The van der Waals surface area contributed by atoms with Crippen LogP contribution in [0.3, 0.4) is 0 Å². The summed E-state index contributed by atoms with van der Waals surface area (Å²) in [5.74, 6) is 0.192. The van der Waals surface area contributed by atoms with Crippen LogP contribution in [-0.4, -0.2) is 24.0 Å². The minimum atomic E-state index is -0.193. The molecule has 1 aliphatic heterocycles. The molecule has 0 saturated carbocycles. The van der Waals surface area contributed by atoms with Crippen molar-refractivity contribution in [3.8, 4) is 0 Å². The highest BCUT2D eigenvalue weighted by Crippen LogP contribution is 2.27. The van der Waals surface area contributed by atoms with Gasteiger partial charge in [-0.15, -0.1) is 11.3 Å². The minimum absolute atomic E-state index is 0.193. The highest BCUT2D eigenvalue weighted by Gasteiger charge is 2.19. The van der Waals surface area contributed by atoms with E-state index >= 15 is 0 Å². The fraction of sp³-hybridized carbons (Fsp3) is 0.368. The average molecular weight is 355 g/mol. The molecule has 4 rings (SSSR count). The van der Waals surface area contributed by atoms with Gasteiger partial charge in [0.15, 0.2) is 10.9 Å². The van der Waals surface area contributed by atoms with Crippen molar-refractivity contribution in [1.29, 1.82) is 0 Å². The molecule has 3 aromatic rings. The van der Waals surface area contributed by atoms with E-state index in [0.29, 0.717) is 12.3 Å². The number of carbonyl (C=O) groups excluding carboxylic acids is 1. The summed E-state index contributed by atoms with van der Waals surface area (Å²) in [6, 6.07) is 5.99. The maximum absolute atomic E-state index is 12.5. The number of carbonyl (C=O) groups is 1. The van der Waals surface area contributed by atoms with Crippen molar-refractivity contribution in [1.82, 2.24) is 10.3 Å². The van der Waals surface area contributed by atoms with E-state index in [1.807, 2.05) is 37.4 Å². The standard InChI is InChI=1S/C19H21N3O2S/c1-12-5-6-15-13(2)17(24-16(15)9-12)18(23)20-10-14-11-25-19(21-14)22-7-3-4-8-22/h5-6,9,11H,3-4,7-8,10H2,1-2H3,(H,20,23). The Balaban J connectivity index is 1.46. The lowest BCUT2D eigenvalue weighted by Crippen LogP contribution is -2.23. The van der Waals surface area contributed by atoms with Crippen LogP contribution in [0.15, 0.2) is 28.0 Å². The molecule has 1 amide bonds.